The fourth-order valence-corrected chi connectivity index (χ4v) is 5.87. The molecule has 8 rings (SSSR count). The number of benzene rings is 4. The van der Waals surface area contributed by atoms with Crippen LogP contribution in [0.5, 0.6) is 0 Å². The van der Waals surface area contributed by atoms with E-state index in [1.165, 1.54) is 0 Å². The van der Waals surface area contributed by atoms with Crippen LogP contribution in [0.25, 0.3) is 84.5 Å². The molecule has 0 bridgehead atoms. The Morgan fingerprint density at radius 2 is 1.44 bits per heavy atom. The summed E-state index contributed by atoms with van der Waals surface area (Å²) in [5, 5.41) is 5.20. The fourth-order valence-electron chi connectivity index (χ4n) is 5.87. The van der Waals surface area contributed by atoms with Crippen LogP contribution >= 0.6 is 0 Å². The second kappa shape index (κ2) is 9.89. The first-order valence-electron chi connectivity index (χ1n) is 14.1. The van der Waals surface area contributed by atoms with Gasteiger partial charge in [0.2, 0.25) is 5.95 Å². The zero-order valence-corrected chi connectivity index (χ0v) is 23.4. The van der Waals surface area contributed by atoms with E-state index in [0.717, 1.165) is 66.0 Å². The maximum Gasteiger partial charge on any atom is 0.238 e. The predicted molar refractivity (Wildman–Crippen MR) is 175 cm³/mol. The van der Waals surface area contributed by atoms with Crippen LogP contribution in [0.1, 0.15) is 18.2 Å². The second-order valence-electron chi connectivity index (χ2n) is 10.4. The summed E-state index contributed by atoms with van der Waals surface area (Å²) >= 11 is 0. The van der Waals surface area contributed by atoms with Crippen LogP contribution in [0.3, 0.4) is 0 Å². The van der Waals surface area contributed by atoms with E-state index in [1.807, 2.05) is 98.2 Å². The van der Waals surface area contributed by atoms with E-state index in [-0.39, 0.29) is 0 Å². The van der Waals surface area contributed by atoms with E-state index < -0.39 is 0 Å². The van der Waals surface area contributed by atoms with Gasteiger partial charge in [0.15, 0.2) is 17.2 Å². The molecule has 6 heteroatoms. The van der Waals surface area contributed by atoms with Gasteiger partial charge in [-0.05, 0) is 42.7 Å². The van der Waals surface area contributed by atoms with Gasteiger partial charge >= 0.3 is 0 Å². The molecular formula is C37H25N5O. The van der Waals surface area contributed by atoms with Gasteiger partial charge in [0.1, 0.15) is 11.1 Å². The van der Waals surface area contributed by atoms with Crippen molar-refractivity contribution in [1.29, 1.82) is 0 Å². The lowest BCUT2D eigenvalue weighted by atomic mass is 10.1. The van der Waals surface area contributed by atoms with Crippen molar-refractivity contribution in [3.05, 3.63) is 127 Å². The summed E-state index contributed by atoms with van der Waals surface area (Å²) in [6, 6.07) is 30.5. The normalized spacial score (nSPS) is 11.8. The monoisotopic (exact) mass is 555 g/mol. The Morgan fingerprint density at radius 1 is 0.744 bits per heavy atom. The van der Waals surface area contributed by atoms with Crippen LogP contribution < -0.4 is 0 Å². The SMILES string of the molecule is C=Cc1c(/C=C\C)n(-c2nc(-c3ccccc3)nc(-c3ccccc3)n2)c2c1ccc1c3cc4ccncc4cc3oc12. The highest BCUT2D eigenvalue weighted by Gasteiger charge is 2.23. The van der Waals surface area contributed by atoms with Crippen molar-refractivity contribution >= 4 is 55.8 Å². The van der Waals surface area contributed by atoms with E-state index in [0.29, 0.717) is 17.6 Å². The first-order chi connectivity index (χ1) is 21.2. The Kier molecular flexibility index (Phi) is 5.72. The Labute approximate surface area is 247 Å². The zero-order valence-electron chi connectivity index (χ0n) is 23.4. The minimum Gasteiger partial charge on any atom is -0.454 e. The number of furan rings is 1. The van der Waals surface area contributed by atoms with Gasteiger partial charge in [0.05, 0.1) is 5.69 Å². The van der Waals surface area contributed by atoms with Crippen molar-refractivity contribution in [2.75, 3.05) is 0 Å². The molecule has 0 amide bonds. The number of nitrogens with zero attached hydrogens (tertiary/aromatic N) is 5. The lowest BCUT2D eigenvalue weighted by Crippen LogP contribution is -2.08. The van der Waals surface area contributed by atoms with Crippen LogP contribution in [0.2, 0.25) is 0 Å². The third-order valence-electron chi connectivity index (χ3n) is 7.82. The summed E-state index contributed by atoms with van der Waals surface area (Å²) in [5.41, 5.74) is 6.15. The summed E-state index contributed by atoms with van der Waals surface area (Å²) < 4.78 is 8.76. The number of allylic oxidation sites excluding steroid dienone is 1. The molecule has 0 aliphatic carbocycles. The Balaban J connectivity index is 1.51. The molecule has 0 fully saturated rings. The summed E-state index contributed by atoms with van der Waals surface area (Å²) in [6.45, 7) is 6.19. The summed E-state index contributed by atoms with van der Waals surface area (Å²) in [4.78, 5) is 19.3. The molecule has 0 atom stereocenters. The number of aromatic nitrogens is 5. The first-order valence-corrected chi connectivity index (χ1v) is 14.1. The standard InChI is InChI=1S/C37H25N5O/c1-3-11-31-27(4-2)28-16-17-29-30-20-25-18-19-38-22-26(25)21-32(30)43-34(29)33(28)42(31)37-40-35(23-12-7-5-8-13-23)39-36(41-37)24-14-9-6-10-15-24/h3-22H,2H2,1H3/b11-3-. The van der Waals surface area contributed by atoms with Crippen molar-refractivity contribution in [3.8, 4) is 28.7 Å². The van der Waals surface area contributed by atoms with Crippen molar-refractivity contribution in [3.63, 3.8) is 0 Å². The van der Waals surface area contributed by atoms with Crippen molar-refractivity contribution in [1.82, 2.24) is 24.5 Å². The Bertz CT molecular complexity index is 2310. The van der Waals surface area contributed by atoms with E-state index in [2.05, 4.69) is 46.5 Å². The van der Waals surface area contributed by atoms with Crippen molar-refractivity contribution < 1.29 is 4.42 Å². The van der Waals surface area contributed by atoms with Gasteiger partial charge in [-0.25, -0.2) is 4.98 Å². The molecule has 43 heavy (non-hydrogen) atoms. The lowest BCUT2D eigenvalue weighted by molar-refractivity contribution is 0.671. The van der Waals surface area contributed by atoms with Gasteiger partial charge in [0, 0.05) is 50.6 Å². The highest BCUT2D eigenvalue weighted by Crippen LogP contribution is 2.40. The highest BCUT2D eigenvalue weighted by atomic mass is 16.3. The predicted octanol–water partition coefficient (Wildman–Crippen LogP) is 9.27. The Hall–Kier alpha value is -5.88. The van der Waals surface area contributed by atoms with Gasteiger partial charge in [-0.1, -0.05) is 85.5 Å². The largest absolute Gasteiger partial charge is 0.454 e. The third kappa shape index (κ3) is 3.95. The number of hydrogen-bond acceptors (Lipinski definition) is 5. The number of pyridine rings is 1. The van der Waals surface area contributed by atoms with Crippen molar-refractivity contribution in [2.45, 2.75) is 6.92 Å². The minimum absolute atomic E-state index is 0.501. The van der Waals surface area contributed by atoms with Crippen LogP contribution in [0, 0.1) is 0 Å². The van der Waals surface area contributed by atoms with Gasteiger partial charge in [-0.3, -0.25) is 9.55 Å². The summed E-state index contributed by atoms with van der Waals surface area (Å²) in [7, 11) is 0. The number of rotatable bonds is 5. The zero-order chi connectivity index (χ0) is 28.9. The number of hydrogen-bond donors (Lipinski definition) is 0. The molecule has 0 saturated heterocycles. The Morgan fingerprint density at radius 3 is 2.12 bits per heavy atom. The maximum absolute atomic E-state index is 6.68. The molecule has 6 nitrogen and oxygen atoms in total. The molecule has 0 spiro atoms. The average molecular weight is 556 g/mol. The van der Waals surface area contributed by atoms with E-state index in [9.17, 15) is 0 Å². The molecular weight excluding hydrogens is 530 g/mol. The molecule has 0 unspecified atom stereocenters. The minimum atomic E-state index is 0.501. The molecule has 8 aromatic rings. The summed E-state index contributed by atoms with van der Waals surface area (Å²) in [6.07, 6.45) is 9.65. The van der Waals surface area contributed by atoms with Crippen LogP contribution in [-0.4, -0.2) is 24.5 Å². The molecule has 4 aromatic heterocycles. The van der Waals surface area contributed by atoms with E-state index in [1.54, 1.807) is 0 Å². The van der Waals surface area contributed by atoms with E-state index >= 15 is 0 Å². The molecule has 0 saturated carbocycles. The highest BCUT2D eigenvalue weighted by molar-refractivity contribution is 6.18. The lowest BCUT2D eigenvalue weighted by Gasteiger charge is -2.11. The summed E-state index contributed by atoms with van der Waals surface area (Å²) in [5.74, 6) is 1.68. The van der Waals surface area contributed by atoms with Crippen LogP contribution in [0.4, 0.5) is 0 Å². The topological polar surface area (TPSA) is 69.6 Å². The average Bonchev–Trinajstić information content (AvgIpc) is 3.59. The van der Waals surface area contributed by atoms with E-state index in [4.69, 9.17) is 19.4 Å². The molecule has 4 heterocycles. The van der Waals surface area contributed by atoms with Crippen LogP contribution in [0.15, 0.2) is 120 Å². The number of fused-ring (bicyclic) bond motifs is 6. The van der Waals surface area contributed by atoms with Gasteiger partial charge in [-0.2, -0.15) is 9.97 Å². The second-order valence-corrected chi connectivity index (χ2v) is 10.4. The van der Waals surface area contributed by atoms with Crippen molar-refractivity contribution in [2.24, 2.45) is 0 Å². The molecule has 0 radical (unpaired) electrons. The third-order valence-corrected chi connectivity index (χ3v) is 7.82. The molecule has 0 aliphatic heterocycles. The van der Waals surface area contributed by atoms with Gasteiger partial charge in [0.25, 0.3) is 0 Å². The molecule has 204 valence electrons. The smallest absolute Gasteiger partial charge is 0.238 e. The van der Waals surface area contributed by atoms with Gasteiger partial charge in [-0.15, -0.1) is 0 Å². The molecule has 0 N–H and O–H groups in total. The van der Waals surface area contributed by atoms with Gasteiger partial charge < -0.3 is 4.42 Å². The molecule has 4 aromatic carbocycles. The quantitative estimate of drug-likeness (QED) is 0.212. The first kappa shape index (κ1) is 24.9. The fraction of sp³-hybridized carbons (Fsp3) is 0.0270. The maximum atomic E-state index is 6.68. The molecule has 0 aliphatic rings. The van der Waals surface area contributed by atoms with Crippen LogP contribution in [-0.2, 0) is 0 Å².